The van der Waals surface area contributed by atoms with Gasteiger partial charge < -0.3 is 0 Å². The molecule has 0 bridgehead atoms. The highest BCUT2D eigenvalue weighted by atomic mass is 35.5. The Morgan fingerprint density at radius 2 is 2.06 bits per heavy atom. The monoisotopic (exact) mass is 275 g/mol. The summed E-state index contributed by atoms with van der Waals surface area (Å²) in [4.78, 5) is 27.0. The van der Waals surface area contributed by atoms with E-state index in [0.29, 0.717) is 5.82 Å². The number of aromatic nitrogens is 5. The number of hydrogen-bond donors (Lipinski definition) is 1. The minimum atomic E-state index is -0.626. The van der Waals surface area contributed by atoms with E-state index in [1.165, 1.54) is 11.0 Å². The van der Waals surface area contributed by atoms with E-state index < -0.39 is 11.1 Å². The molecule has 0 unspecified atom stereocenters. The zero-order valence-electron chi connectivity index (χ0n) is 8.65. The van der Waals surface area contributed by atoms with Crippen LogP contribution in [0.25, 0.3) is 0 Å². The summed E-state index contributed by atoms with van der Waals surface area (Å²) in [5.41, 5.74) is -1.21. The summed E-state index contributed by atoms with van der Waals surface area (Å²) in [7, 11) is 1.67. The Morgan fingerprint density at radius 3 is 2.65 bits per heavy atom. The van der Waals surface area contributed by atoms with Gasteiger partial charge in [0.2, 0.25) is 0 Å². The molecule has 0 spiro atoms. The van der Waals surface area contributed by atoms with Gasteiger partial charge in [-0.25, -0.2) is 9.67 Å². The number of rotatable bonds is 2. The lowest BCUT2D eigenvalue weighted by molar-refractivity contribution is 0.574. The van der Waals surface area contributed by atoms with E-state index in [1.807, 2.05) is 0 Å². The number of nitrogens with zero attached hydrogens (tertiary/aromatic N) is 4. The standard InChI is InChI=1S/C8H7Cl2N5O2/c1-14-4(11-3-12-14)2-15-8(17)6(10)5(9)7(16)13-15/h3H,2H2,1H3,(H,13,16). The molecule has 0 radical (unpaired) electrons. The second-order valence-electron chi connectivity index (χ2n) is 3.26. The summed E-state index contributed by atoms with van der Waals surface area (Å²) in [5, 5.41) is 5.52. The molecular weight excluding hydrogens is 269 g/mol. The minimum Gasteiger partial charge on any atom is -0.266 e. The molecule has 2 aromatic rings. The molecule has 90 valence electrons. The summed E-state index contributed by atoms with van der Waals surface area (Å²) in [6.07, 6.45) is 1.34. The molecule has 1 N–H and O–H groups in total. The fourth-order valence-corrected chi connectivity index (χ4v) is 1.56. The van der Waals surface area contributed by atoms with Crippen molar-refractivity contribution >= 4 is 23.2 Å². The first kappa shape index (κ1) is 11.9. The molecule has 7 nitrogen and oxygen atoms in total. The predicted octanol–water partition coefficient (Wildman–Crippen LogP) is 0.0202. The average Bonchev–Trinajstić information content (AvgIpc) is 2.69. The van der Waals surface area contributed by atoms with Crippen LogP contribution in [-0.2, 0) is 13.6 Å². The van der Waals surface area contributed by atoms with Gasteiger partial charge in [0.25, 0.3) is 11.1 Å². The molecule has 0 aliphatic heterocycles. The lowest BCUT2D eigenvalue weighted by Crippen LogP contribution is -2.31. The molecule has 0 amide bonds. The summed E-state index contributed by atoms with van der Waals surface area (Å²) in [6, 6.07) is 0. The van der Waals surface area contributed by atoms with Gasteiger partial charge in [0, 0.05) is 7.05 Å². The van der Waals surface area contributed by atoms with E-state index >= 15 is 0 Å². The van der Waals surface area contributed by atoms with Crippen LogP contribution < -0.4 is 11.1 Å². The number of halogens is 2. The van der Waals surface area contributed by atoms with Crippen molar-refractivity contribution in [1.29, 1.82) is 0 Å². The highest BCUT2D eigenvalue weighted by Crippen LogP contribution is 2.10. The fraction of sp³-hybridized carbons (Fsp3) is 0.250. The van der Waals surface area contributed by atoms with Crippen LogP contribution >= 0.6 is 23.2 Å². The largest absolute Gasteiger partial charge is 0.285 e. The van der Waals surface area contributed by atoms with Gasteiger partial charge in [-0.3, -0.25) is 19.4 Å². The van der Waals surface area contributed by atoms with Gasteiger partial charge in [-0.05, 0) is 0 Å². The predicted molar refractivity (Wildman–Crippen MR) is 61.4 cm³/mol. The molecule has 0 atom stereocenters. The van der Waals surface area contributed by atoms with Gasteiger partial charge in [0.05, 0.1) is 0 Å². The van der Waals surface area contributed by atoms with Crippen LogP contribution in [0.4, 0.5) is 0 Å². The quantitative estimate of drug-likeness (QED) is 0.837. The lowest BCUT2D eigenvalue weighted by atomic mass is 10.5. The van der Waals surface area contributed by atoms with Crippen molar-refractivity contribution in [3.05, 3.63) is 42.9 Å². The molecule has 2 aromatic heterocycles. The average molecular weight is 276 g/mol. The second kappa shape index (κ2) is 4.34. The molecule has 0 saturated carbocycles. The second-order valence-corrected chi connectivity index (χ2v) is 4.02. The van der Waals surface area contributed by atoms with Crippen molar-refractivity contribution < 1.29 is 0 Å². The van der Waals surface area contributed by atoms with Crippen molar-refractivity contribution in [3.8, 4) is 0 Å². The molecule has 9 heteroatoms. The van der Waals surface area contributed by atoms with Crippen molar-refractivity contribution in [2.24, 2.45) is 7.05 Å². The topological polar surface area (TPSA) is 85.6 Å². The van der Waals surface area contributed by atoms with Crippen LogP contribution in [-0.4, -0.2) is 24.5 Å². The van der Waals surface area contributed by atoms with E-state index in [0.717, 1.165) is 4.68 Å². The van der Waals surface area contributed by atoms with Crippen molar-refractivity contribution in [2.45, 2.75) is 6.54 Å². The minimum absolute atomic E-state index is 0.0570. The van der Waals surface area contributed by atoms with E-state index in [-0.39, 0.29) is 16.6 Å². The maximum atomic E-state index is 11.7. The Bertz CT molecular complexity index is 671. The SMILES string of the molecule is Cn1ncnc1Cn1[nH]c(=O)c(Cl)c(Cl)c1=O. The van der Waals surface area contributed by atoms with Gasteiger partial charge in [-0.2, -0.15) is 5.10 Å². The van der Waals surface area contributed by atoms with E-state index in [9.17, 15) is 9.59 Å². The smallest absolute Gasteiger partial charge is 0.266 e. The van der Waals surface area contributed by atoms with Crippen LogP contribution in [0.1, 0.15) is 5.82 Å². The first-order chi connectivity index (χ1) is 8.00. The Morgan fingerprint density at radius 1 is 1.35 bits per heavy atom. The molecule has 2 heterocycles. The summed E-state index contributed by atoms with van der Waals surface area (Å²) in [5.74, 6) is 0.501. The Hall–Kier alpha value is -1.60. The number of nitrogens with one attached hydrogen (secondary N) is 1. The summed E-state index contributed by atoms with van der Waals surface area (Å²) in [6.45, 7) is 0.0570. The third-order valence-electron chi connectivity index (χ3n) is 2.17. The number of aryl methyl sites for hydroxylation is 1. The van der Waals surface area contributed by atoms with E-state index in [4.69, 9.17) is 23.2 Å². The van der Waals surface area contributed by atoms with E-state index in [1.54, 1.807) is 7.05 Å². The highest BCUT2D eigenvalue weighted by molar-refractivity contribution is 6.41. The van der Waals surface area contributed by atoms with Crippen LogP contribution in [0.3, 0.4) is 0 Å². The number of aromatic amines is 1. The lowest BCUT2D eigenvalue weighted by Gasteiger charge is -2.05. The maximum absolute atomic E-state index is 11.7. The zero-order valence-corrected chi connectivity index (χ0v) is 10.2. The molecule has 0 aliphatic rings. The van der Waals surface area contributed by atoms with E-state index in [2.05, 4.69) is 15.2 Å². The normalized spacial score (nSPS) is 10.8. The van der Waals surface area contributed by atoms with Crippen LogP contribution in [0.15, 0.2) is 15.9 Å². The summed E-state index contributed by atoms with van der Waals surface area (Å²) >= 11 is 11.2. The van der Waals surface area contributed by atoms with Crippen molar-refractivity contribution in [1.82, 2.24) is 24.5 Å². The molecule has 2 rings (SSSR count). The highest BCUT2D eigenvalue weighted by Gasteiger charge is 2.12. The Labute approximate surface area is 105 Å². The number of H-pyrrole nitrogens is 1. The van der Waals surface area contributed by atoms with Gasteiger partial charge in [-0.1, -0.05) is 23.2 Å². The third-order valence-corrected chi connectivity index (χ3v) is 2.97. The Kier molecular flexibility index (Phi) is 3.03. The molecule has 0 aliphatic carbocycles. The molecule has 0 fully saturated rings. The van der Waals surface area contributed by atoms with Gasteiger partial charge in [0.15, 0.2) is 0 Å². The van der Waals surface area contributed by atoms with Crippen LogP contribution in [0.5, 0.6) is 0 Å². The van der Waals surface area contributed by atoms with Gasteiger partial charge in [-0.15, -0.1) is 0 Å². The van der Waals surface area contributed by atoms with Crippen molar-refractivity contribution in [2.75, 3.05) is 0 Å². The molecule has 0 saturated heterocycles. The molecular formula is C8H7Cl2N5O2. The maximum Gasteiger partial charge on any atom is 0.285 e. The van der Waals surface area contributed by atoms with Gasteiger partial charge in [0.1, 0.15) is 28.7 Å². The van der Waals surface area contributed by atoms with Crippen LogP contribution in [0, 0.1) is 0 Å². The van der Waals surface area contributed by atoms with Gasteiger partial charge >= 0.3 is 0 Å². The first-order valence-electron chi connectivity index (χ1n) is 4.51. The Balaban J connectivity index is 2.52. The van der Waals surface area contributed by atoms with Crippen LogP contribution in [0.2, 0.25) is 10.0 Å². The number of hydrogen-bond acceptors (Lipinski definition) is 4. The zero-order chi connectivity index (χ0) is 12.6. The molecule has 17 heavy (non-hydrogen) atoms. The molecule has 0 aromatic carbocycles. The fourth-order valence-electron chi connectivity index (χ4n) is 1.25. The van der Waals surface area contributed by atoms with Crippen molar-refractivity contribution in [3.63, 3.8) is 0 Å². The summed E-state index contributed by atoms with van der Waals surface area (Å²) < 4.78 is 2.51. The third kappa shape index (κ3) is 2.11. The first-order valence-corrected chi connectivity index (χ1v) is 5.27.